The molecule has 98 valence electrons. The first kappa shape index (κ1) is 12.8. The maximum Gasteiger partial charge on any atom is 0.256 e. The van der Waals surface area contributed by atoms with E-state index in [9.17, 15) is 4.79 Å². The number of fused-ring (bicyclic) bond motifs is 1. The van der Waals surface area contributed by atoms with E-state index in [1.165, 1.54) is 0 Å². The Bertz CT molecular complexity index is 781. The number of rotatable bonds is 2. The Morgan fingerprint density at radius 1 is 1.05 bits per heavy atom. The first-order valence-electron chi connectivity index (χ1n) is 6.14. The van der Waals surface area contributed by atoms with Crippen molar-refractivity contribution in [3.8, 4) is 0 Å². The summed E-state index contributed by atoms with van der Waals surface area (Å²) in [6.07, 6.45) is 3.29. The van der Waals surface area contributed by atoms with Gasteiger partial charge in [0.2, 0.25) is 0 Å². The van der Waals surface area contributed by atoms with Crippen molar-refractivity contribution in [2.75, 3.05) is 5.32 Å². The van der Waals surface area contributed by atoms with Gasteiger partial charge >= 0.3 is 0 Å². The number of hydrogen-bond acceptors (Lipinski definition) is 2. The number of benzene rings is 2. The molecule has 3 nitrogen and oxygen atoms in total. The number of nitrogens with one attached hydrogen (secondary N) is 1. The molecule has 0 aliphatic carbocycles. The number of carbonyl (C=O) groups excluding carboxylic acids is 1. The standard InChI is InChI=1S/C16H11BrN2O/c17-14-10-18-9-8-15(14)19-16(20)13-7-3-5-11-4-1-2-6-12(11)13/h1-10H,(H,18,19,20). The number of nitrogens with zero attached hydrogens (tertiary/aromatic N) is 1. The Hall–Kier alpha value is -2.20. The maximum absolute atomic E-state index is 12.4. The number of hydrogen-bond donors (Lipinski definition) is 1. The highest BCUT2D eigenvalue weighted by Crippen LogP contribution is 2.23. The van der Waals surface area contributed by atoms with Crippen LogP contribution < -0.4 is 5.32 Å². The van der Waals surface area contributed by atoms with E-state index >= 15 is 0 Å². The van der Waals surface area contributed by atoms with Gasteiger partial charge in [-0.2, -0.15) is 0 Å². The second-order valence-electron chi connectivity index (χ2n) is 4.34. The highest BCUT2D eigenvalue weighted by molar-refractivity contribution is 9.10. The lowest BCUT2D eigenvalue weighted by atomic mass is 10.0. The second kappa shape index (κ2) is 5.43. The highest BCUT2D eigenvalue weighted by Gasteiger charge is 2.11. The molecule has 20 heavy (non-hydrogen) atoms. The minimum Gasteiger partial charge on any atom is -0.321 e. The average Bonchev–Trinajstić information content (AvgIpc) is 2.49. The number of halogens is 1. The van der Waals surface area contributed by atoms with E-state index in [0.29, 0.717) is 11.3 Å². The third-order valence-electron chi connectivity index (χ3n) is 3.05. The Morgan fingerprint density at radius 3 is 2.70 bits per heavy atom. The van der Waals surface area contributed by atoms with Crippen LogP contribution in [0, 0.1) is 0 Å². The third kappa shape index (κ3) is 2.42. The summed E-state index contributed by atoms with van der Waals surface area (Å²) < 4.78 is 0.758. The fourth-order valence-corrected chi connectivity index (χ4v) is 2.44. The molecule has 0 atom stereocenters. The molecular formula is C16H11BrN2O. The summed E-state index contributed by atoms with van der Waals surface area (Å²) in [5.74, 6) is -0.131. The van der Waals surface area contributed by atoms with E-state index in [4.69, 9.17) is 0 Å². The smallest absolute Gasteiger partial charge is 0.256 e. The van der Waals surface area contributed by atoms with Crippen LogP contribution >= 0.6 is 15.9 Å². The monoisotopic (exact) mass is 326 g/mol. The van der Waals surface area contributed by atoms with E-state index in [0.717, 1.165) is 15.2 Å². The van der Waals surface area contributed by atoms with E-state index in [1.54, 1.807) is 18.5 Å². The summed E-state index contributed by atoms with van der Waals surface area (Å²) in [6.45, 7) is 0. The van der Waals surface area contributed by atoms with E-state index in [-0.39, 0.29) is 5.91 Å². The van der Waals surface area contributed by atoms with Gasteiger partial charge in [0.25, 0.3) is 5.91 Å². The summed E-state index contributed by atoms with van der Waals surface area (Å²) in [5.41, 5.74) is 1.37. The number of pyridine rings is 1. The van der Waals surface area contributed by atoms with Crippen molar-refractivity contribution >= 4 is 38.3 Å². The summed E-state index contributed by atoms with van der Waals surface area (Å²) >= 11 is 3.37. The number of amides is 1. The van der Waals surface area contributed by atoms with Crippen molar-refractivity contribution in [3.63, 3.8) is 0 Å². The van der Waals surface area contributed by atoms with Crippen LogP contribution in [0.4, 0.5) is 5.69 Å². The van der Waals surface area contributed by atoms with Crippen LogP contribution in [0.5, 0.6) is 0 Å². The van der Waals surface area contributed by atoms with Crippen molar-refractivity contribution in [2.24, 2.45) is 0 Å². The van der Waals surface area contributed by atoms with Crippen LogP contribution in [-0.2, 0) is 0 Å². The normalized spacial score (nSPS) is 10.4. The van der Waals surface area contributed by atoms with Gasteiger partial charge in [-0.1, -0.05) is 36.4 Å². The molecule has 0 fully saturated rings. The Labute approximate surface area is 124 Å². The van der Waals surface area contributed by atoms with Gasteiger partial charge in [0, 0.05) is 18.0 Å². The number of anilines is 1. The zero-order valence-electron chi connectivity index (χ0n) is 10.5. The van der Waals surface area contributed by atoms with Gasteiger partial charge in [-0.15, -0.1) is 0 Å². The quantitative estimate of drug-likeness (QED) is 0.764. The van der Waals surface area contributed by atoms with E-state index in [2.05, 4.69) is 26.2 Å². The van der Waals surface area contributed by atoms with Crippen LogP contribution in [0.1, 0.15) is 10.4 Å². The average molecular weight is 327 g/mol. The Kier molecular flexibility index (Phi) is 3.48. The topological polar surface area (TPSA) is 42.0 Å². The van der Waals surface area contributed by atoms with Gasteiger partial charge in [0.15, 0.2) is 0 Å². The zero-order valence-corrected chi connectivity index (χ0v) is 12.1. The molecule has 0 spiro atoms. The lowest BCUT2D eigenvalue weighted by Crippen LogP contribution is -2.12. The van der Waals surface area contributed by atoms with E-state index < -0.39 is 0 Å². The molecule has 0 aliphatic heterocycles. The fourth-order valence-electron chi connectivity index (χ4n) is 2.09. The summed E-state index contributed by atoms with van der Waals surface area (Å²) in [7, 11) is 0. The second-order valence-corrected chi connectivity index (χ2v) is 5.19. The summed E-state index contributed by atoms with van der Waals surface area (Å²) in [6, 6.07) is 15.3. The minimum atomic E-state index is -0.131. The van der Waals surface area contributed by atoms with Crippen LogP contribution in [0.2, 0.25) is 0 Å². The molecule has 3 rings (SSSR count). The van der Waals surface area contributed by atoms with Crippen molar-refractivity contribution in [1.29, 1.82) is 0 Å². The molecule has 0 saturated heterocycles. The summed E-state index contributed by atoms with van der Waals surface area (Å²) in [4.78, 5) is 16.4. The molecule has 0 bridgehead atoms. The summed E-state index contributed by atoms with van der Waals surface area (Å²) in [5, 5.41) is 4.89. The lowest BCUT2D eigenvalue weighted by Gasteiger charge is -2.09. The molecular weight excluding hydrogens is 316 g/mol. The maximum atomic E-state index is 12.4. The number of aromatic nitrogens is 1. The molecule has 1 aromatic heterocycles. The van der Waals surface area contributed by atoms with Gasteiger partial charge in [-0.25, -0.2) is 0 Å². The first-order valence-corrected chi connectivity index (χ1v) is 6.93. The first-order chi connectivity index (χ1) is 9.75. The van der Waals surface area contributed by atoms with Gasteiger partial charge < -0.3 is 5.32 Å². The molecule has 1 N–H and O–H groups in total. The molecule has 1 heterocycles. The molecule has 0 saturated carbocycles. The predicted molar refractivity (Wildman–Crippen MR) is 83.8 cm³/mol. The molecule has 2 aromatic carbocycles. The van der Waals surface area contributed by atoms with Gasteiger partial charge in [0.05, 0.1) is 10.2 Å². The van der Waals surface area contributed by atoms with Gasteiger partial charge in [0.1, 0.15) is 0 Å². The van der Waals surface area contributed by atoms with Gasteiger partial charge in [-0.05, 0) is 38.8 Å². The fraction of sp³-hybridized carbons (Fsp3) is 0. The molecule has 4 heteroatoms. The largest absolute Gasteiger partial charge is 0.321 e. The van der Waals surface area contributed by atoms with Crippen molar-refractivity contribution in [1.82, 2.24) is 4.98 Å². The molecule has 1 amide bonds. The van der Waals surface area contributed by atoms with Crippen molar-refractivity contribution in [3.05, 3.63) is 71.0 Å². The van der Waals surface area contributed by atoms with Crippen LogP contribution in [0.25, 0.3) is 10.8 Å². The highest BCUT2D eigenvalue weighted by atomic mass is 79.9. The van der Waals surface area contributed by atoms with Crippen LogP contribution in [0.3, 0.4) is 0 Å². The third-order valence-corrected chi connectivity index (χ3v) is 3.69. The Morgan fingerprint density at radius 2 is 1.85 bits per heavy atom. The molecule has 0 unspecified atom stereocenters. The van der Waals surface area contributed by atoms with Crippen LogP contribution in [-0.4, -0.2) is 10.9 Å². The zero-order chi connectivity index (χ0) is 13.9. The van der Waals surface area contributed by atoms with E-state index in [1.807, 2.05) is 42.5 Å². The van der Waals surface area contributed by atoms with Crippen molar-refractivity contribution < 1.29 is 4.79 Å². The number of carbonyl (C=O) groups is 1. The van der Waals surface area contributed by atoms with Crippen molar-refractivity contribution in [2.45, 2.75) is 0 Å². The predicted octanol–water partition coefficient (Wildman–Crippen LogP) is 4.25. The van der Waals surface area contributed by atoms with Crippen LogP contribution in [0.15, 0.2) is 65.4 Å². The van der Waals surface area contributed by atoms with Gasteiger partial charge in [-0.3, -0.25) is 9.78 Å². The molecule has 0 aliphatic rings. The molecule has 0 radical (unpaired) electrons. The SMILES string of the molecule is O=C(Nc1ccncc1Br)c1cccc2ccccc12. The minimum absolute atomic E-state index is 0.131. The molecule has 3 aromatic rings. The lowest BCUT2D eigenvalue weighted by molar-refractivity contribution is 0.102. The Balaban J connectivity index is 1.99.